The molecule has 1 unspecified atom stereocenters. The Bertz CT molecular complexity index is 557. The van der Waals surface area contributed by atoms with E-state index in [9.17, 15) is 8.78 Å². The van der Waals surface area contributed by atoms with Crippen molar-refractivity contribution in [2.75, 3.05) is 6.54 Å². The van der Waals surface area contributed by atoms with Crippen LogP contribution in [0.25, 0.3) is 0 Å². The van der Waals surface area contributed by atoms with Gasteiger partial charge in [-0.25, -0.2) is 8.78 Å². The number of halogens is 2. The summed E-state index contributed by atoms with van der Waals surface area (Å²) in [7, 11) is 0. The molecule has 0 saturated carbocycles. The molecule has 2 aromatic rings. The van der Waals surface area contributed by atoms with Crippen molar-refractivity contribution in [2.45, 2.75) is 26.3 Å². The first-order valence-corrected chi connectivity index (χ1v) is 6.04. The topological polar surface area (TPSA) is 51.0 Å². The number of nitrogens with one attached hydrogen (secondary N) is 1. The van der Waals surface area contributed by atoms with Crippen molar-refractivity contribution in [1.82, 2.24) is 15.5 Å². The minimum Gasteiger partial charge on any atom is -0.340 e. The van der Waals surface area contributed by atoms with Crippen LogP contribution in [0.1, 0.15) is 30.2 Å². The predicted molar refractivity (Wildman–Crippen MR) is 65.5 cm³/mol. The first-order chi connectivity index (χ1) is 9.08. The number of nitrogens with zero attached hydrogens (tertiary/aromatic N) is 2. The molecule has 0 aliphatic carbocycles. The molecule has 1 N–H and O–H groups in total. The van der Waals surface area contributed by atoms with Crippen molar-refractivity contribution >= 4 is 0 Å². The van der Waals surface area contributed by atoms with E-state index in [4.69, 9.17) is 4.52 Å². The van der Waals surface area contributed by atoms with Gasteiger partial charge in [-0.15, -0.1) is 0 Å². The van der Waals surface area contributed by atoms with Gasteiger partial charge in [0.25, 0.3) is 0 Å². The third kappa shape index (κ3) is 3.35. The van der Waals surface area contributed by atoms with E-state index in [1.165, 1.54) is 6.07 Å². The lowest BCUT2D eigenvalue weighted by molar-refractivity contribution is 0.386. The molecular formula is C13H15F2N3O. The summed E-state index contributed by atoms with van der Waals surface area (Å²) in [5, 5.41) is 6.85. The van der Waals surface area contributed by atoms with Gasteiger partial charge in [-0.05, 0) is 13.0 Å². The SMILES string of the molecule is Cc1nc(CCNC(C)c2cccc(F)c2F)no1. The Morgan fingerprint density at radius 1 is 1.37 bits per heavy atom. The van der Waals surface area contributed by atoms with Crippen LogP contribution in [0, 0.1) is 18.6 Å². The lowest BCUT2D eigenvalue weighted by Crippen LogP contribution is -2.22. The molecule has 0 aliphatic rings. The van der Waals surface area contributed by atoms with Crippen molar-refractivity contribution in [3.63, 3.8) is 0 Å². The van der Waals surface area contributed by atoms with Gasteiger partial charge >= 0.3 is 0 Å². The third-order valence-corrected chi connectivity index (χ3v) is 2.82. The molecule has 0 radical (unpaired) electrons. The molecule has 0 saturated heterocycles. The highest BCUT2D eigenvalue weighted by atomic mass is 19.2. The van der Waals surface area contributed by atoms with E-state index in [-0.39, 0.29) is 6.04 Å². The first-order valence-electron chi connectivity index (χ1n) is 6.04. The number of hydrogen-bond acceptors (Lipinski definition) is 4. The van der Waals surface area contributed by atoms with Gasteiger partial charge in [-0.1, -0.05) is 17.3 Å². The molecule has 0 bridgehead atoms. The van der Waals surface area contributed by atoms with Crippen LogP contribution in [0.4, 0.5) is 8.78 Å². The second-order valence-corrected chi connectivity index (χ2v) is 4.30. The average Bonchev–Trinajstić information content (AvgIpc) is 2.78. The number of aromatic nitrogens is 2. The highest BCUT2D eigenvalue weighted by molar-refractivity contribution is 5.21. The minimum absolute atomic E-state index is 0.288. The average molecular weight is 267 g/mol. The molecule has 1 heterocycles. The summed E-state index contributed by atoms with van der Waals surface area (Å²) in [6.07, 6.45) is 0.568. The molecule has 0 fully saturated rings. The molecule has 2 rings (SSSR count). The fourth-order valence-electron chi connectivity index (χ4n) is 1.81. The molecular weight excluding hydrogens is 252 g/mol. The van der Waals surface area contributed by atoms with Crippen molar-refractivity contribution in [3.05, 3.63) is 47.1 Å². The van der Waals surface area contributed by atoms with Gasteiger partial charge in [0.05, 0.1) is 0 Å². The molecule has 0 spiro atoms. The molecule has 1 aromatic carbocycles. The monoisotopic (exact) mass is 267 g/mol. The molecule has 4 nitrogen and oxygen atoms in total. The quantitative estimate of drug-likeness (QED) is 0.904. The summed E-state index contributed by atoms with van der Waals surface area (Å²) in [5.74, 6) is -0.533. The smallest absolute Gasteiger partial charge is 0.223 e. The molecule has 19 heavy (non-hydrogen) atoms. The van der Waals surface area contributed by atoms with E-state index < -0.39 is 11.6 Å². The molecule has 1 aromatic heterocycles. The standard InChI is InChI=1S/C13H15F2N3O/c1-8(10-4-3-5-11(14)13(10)15)16-7-6-12-17-9(2)19-18-12/h3-5,8,16H,6-7H2,1-2H3. The maximum atomic E-state index is 13.6. The zero-order valence-electron chi connectivity index (χ0n) is 10.8. The lowest BCUT2D eigenvalue weighted by atomic mass is 10.1. The largest absolute Gasteiger partial charge is 0.340 e. The van der Waals surface area contributed by atoms with Gasteiger partial charge in [-0.3, -0.25) is 0 Å². The maximum absolute atomic E-state index is 13.6. The zero-order valence-corrected chi connectivity index (χ0v) is 10.8. The summed E-state index contributed by atoms with van der Waals surface area (Å²) in [6.45, 7) is 4.05. The van der Waals surface area contributed by atoms with Crippen molar-refractivity contribution in [3.8, 4) is 0 Å². The van der Waals surface area contributed by atoms with E-state index in [2.05, 4.69) is 15.5 Å². The first kappa shape index (κ1) is 13.6. The number of hydrogen-bond donors (Lipinski definition) is 1. The van der Waals surface area contributed by atoms with E-state index in [0.717, 1.165) is 6.07 Å². The summed E-state index contributed by atoms with van der Waals surface area (Å²) in [4.78, 5) is 4.06. The number of aryl methyl sites for hydroxylation is 1. The summed E-state index contributed by atoms with van der Waals surface area (Å²) in [6, 6.07) is 3.88. The maximum Gasteiger partial charge on any atom is 0.223 e. The van der Waals surface area contributed by atoms with E-state index in [1.54, 1.807) is 19.9 Å². The minimum atomic E-state index is -0.833. The Morgan fingerprint density at radius 3 is 2.84 bits per heavy atom. The van der Waals surface area contributed by atoms with Crippen LogP contribution in [0.15, 0.2) is 22.7 Å². The van der Waals surface area contributed by atoms with Gasteiger partial charge in [0.2, 0.25) is 5.89 Å². The Hall–Kier alpha value is -1.82. The predicted octanol–water partition coefficient (Wildman–Crippen LogP) is 2.55. The van der Waals surface area contributed by atoms with Gasteiger partial charge in [0, 0.05) is 31.5 Å². The summed E-state index contributed by atoms with van der Waals surface area (Å²) in [5.41, 5.74) is 0.310. The Morgan fingerprint density at radius 2 is 2.16 bits per heavy atom. The normalized spacial score (nSPS) is 12.6. The summed E-state index contributed by atoms with van der Waals surface area (Å²) < 4.78 is 31.5. The molecule has 1 atom stereocenters. The van der Waals surface area contributed by atoms with Crippen LogP contribution in [-0.4, -0.2) is 16.7 Å². The van der Waals surface area contributed by atoms with E-state index in [1.807, 2.05) is 0 Å². The van der Waals surface area contributed by atoms with Crippen LogP contribution in [0.2, 0.25) is 0 Å². The van der Waals surface area contributed by atoms with Crippen LogP contribution in [0.3, 0.4) is 0 Å². The van der Waals surface area contributed by atoms with Gasteiger partial charge in [0.15, 0.2) is 17.5 Å². The van der Waals surface area contributed by atoms with Gasteiger partial charge < -0.3 is 9.84 Å². The third-order valence-electron chi connectivity index (χ3n) is 2.82. The second kappa shape index (κ2) is 5.88. The Balaban J connectivity index is 1.90. The highest BCUT2D eigenvalue weighted by Gasteiger charge is 2.13. The summed E-state index contributed by atoms with van der Waals surface area (Å²) >= 11 is 0. The zero-order chi connectivity index (χ0) is 13.8. The Labute approximate surface area is 109 Å². The molecule has 6 heteroatoms. The number of rotatable bonds is 5. The molecule has 0 amide bonds. The molecule has 0 aliphatic heterocycles. The fraction of sp³-hybridized carbons (Fsp3) is 0.385. The highest BCUT2D eigenvalue weighted by Crippen LogP contribution is 2.18. The Kier molecular flexibility index (Phi) is 4.21. The van der Waals surface area contributed by atoms with Crippen molar-refractivity contribution < 1.29 is 13.3 Å². The lowest BCUT2D eigenvalue weighted by Gasteiger charge is -2.14. The van der Waals surface area contributed by atoms with Gasteiger partial charge in [-0.2, -0.15) is 4.98 Å². The molecule has 102 valence electrons. The number of benzene rings is 1. The van der Waals surface area contributed by atoms with Crippen LogP contribution < -0.4 is 5.32 Å². The van der Waals surface area contributed by atoms with E-state index >= 15 is 0 Å². The van der Waals surface area contributed by atoms with Crippen LogP contribution >= 0.6 is 0 Å². The van der Waals surface area contributed by atoms with Crippen molar-refractivity contribution in [1.29, 1.82) is 0 Å². The van der Waals surface area contributed by atoms with E-state index in [0.29, 0.717) is 30.2 Å². The van der Waals surface area contributed by atoms with Crippen LogP contribution in [-0.2, 0) is 6.42 Å². The van der Waals surface area contributed by atoms with Gasteiger partial charge in [0.1, 0.15) is 0 Å². The second-order valence-electron chi connectivity index (χ2n) is 4.30. The van der Waals surface area contributed by atoms with Crippen molar-refractivity contribution in [2.24, 2.45) is 0 Å². The fourth-order valence-corrected chi connectivity index (χ4v) is 1.81. The van der Waals surface area contributed by atoms with Crippen LogP contribution in [0.5, 0.6) is 0 Å².